The third kappa shape index (κ3) is 4.30. The molecule has 1 atom stereocenters. The molecular formula is C19H21ClF2N6O. The normalized spacial score (nSPS) is 16.6. The van der Waals surface area contributed by atoms with Crippen molar-refractivity contribution < 1.29 is 13.6 Å². The average Bonchev–Trinajstić information content (AvgIpc) is 3.02. The largest absolute Gasteiger partial charge is 0.367 e. The molecule has 0 aliphatic carbocycles. The van der Waals surface area contributed by atoms with Crippen LogP contribution >= 0.6 is 12.4 Å². The summed E-state index contributed by atoms with van der Waals surface area (Å²) in [5.41, 5.74) is 1.29. The Hall–Kier alpha value is -2.78. The van der Waals surface area contributed by atoms with Crippen LogP contribution < -0.4 is 15.5 Å². The molecule has 0 aromatic carbocycles. The zero-order valence-corrected chi connectivity index (χ0v) is 16.8. The van der Waals surface area contributed by atoms with Gasteiger partial charge in [-0.3, -0.25) is 4.79 Å². The minimum absolute atomic E-state index is 0. The first-order valence-electron chi connectivity index (χ1n) is 9.01. The van der Waals surface area contributed by atoms with Gasteiger partial charge < -0.3 is 19.9 Å². The number of nitrogens with one attached hydrogen (secondary N) is 2. The number of pyridine rings is 2. The van der Waals surface area contributed by atoms with Crippen molar-refractivity contribution in [2.24, 2.45) is 0 Å². The van der Waals surface area contributed by atoms with Crippen LogP contribution in [0.5, 0.6) is 0 Å². The summed E-state index contributed by atoms with van der Waals surface area (Å²) < 4.78 is 30.2. The maximum absolute atomic E-state index is 14.5. The number of nitrogens with zero attached hydrogens (tertiary/aromatic N) is 4. The number of amides is 1. The van der Waals surface area contributed by atoms with E-state index in [1.807, 2.05) is 4.90 Å². The minimum Gasteiger partial charge on any atom is -0.367 e. The Morgan fingerprint density at radius 2 is 2.07 bits per heavy atom. The van der Waals surface area contributed by atoms with Crippen molar-refractivity contribution in [3.63, 3.8) is 0 Å². The lowest BCUT2D eigenvalue weighted by atomic mass is 10.2. The van der Waals surface area contributed by atoms with E-state index in [2.05, 4.69) is 27.5 Å². The van der Waals surface area contributed by atoms with Crippen molar-refractivity contribution >= 4 is 35.3 Å². The van der Waals surface area contributed by atoms with Crippen molar-refractivity contribution in [3.05, 3.63) is 53.7 Å². The number of aryl methyl sites for hydroxylation is 1. The van der Waals surface area contributed by atoms with Gasteiger partial charge in [0.2, 0.25) is 0 Å². The van der Waals surface area contributed by atoms with Gasteiger partial charge in [0.05, 0.1) is 23.3 Å². The Labute approximate surface area is 172 Å². The summed E-state index contributed by atoms with van der Waals surface area (Å²) in [5.74, 6) is -2.04. The third-order valence-electron chi connectivity index (χ3n) is 4.66. The summed E-state index contributed by atoms with van der Waals surface area (Å²) >= 11 is 0. The molecule has 2 N–H and O–H groups in total. The lowest BCUT2D eigenvalue weighted by Gasteiger charge is -2.33. The highest BCUT2D eigenvalue weighted by Crippen LogP contribution is 2.20. The van der Waals surface area contributed by atoms with Crippen LogP contribution in [0.3, 0.4) is 0 Å². The third-order valence-corrected chi connectivity index (χ3v) is 4.66. The van der Waals surface area contributed by atoms with Crippen LogP contribution in [0.4, 0.5) is 20.2 Å². The molecular weight excluding hydrogens is 402 g/mol. The smallest absolute Gasteiger partial charge is 0.277 e. The molecule has 7 nitrogen and oxygen atoms in total. The maximum atomic E-state index is 14.5. The number of rotatable bonds is 3. The summed E-state index contributed by atoms with van der Waals surface area (Å²) in [5, 5.41) is 5.81. The van der Waals surface area contributed by atoms with Crippen molar-refractivity contribution in [2.75, 3.05) is 29.9 Å². The van der Waals surface area contributed by atoms with Crippen LogP contribution in [0.15, 0.2) is 30.7 Å². The number of anilines is 2. The van der Waals surface area contributed by atoms with Crippen LogP contribution in [0.1, 0.15) is 23.1 Å². The van der Waals surface area contributed by atoms with Crippen molar-refractivity contribution in [2.45, 2.75) is 19.9 Å². The van der Waals surface area contributed by atoms with E-state index in [-0.39, 0.29) is 35.5 Å². The molecule has 0 radical (unpaired) electrons. The summed E-state index contributed by atoms with van der Waals surface area (Å²) in [6.07, 6.45) is 4.64. The number of hydrogen-bond donors (Lipinski definition) is 2. The highest BCUT2D eigenvalue weighted by molar-refractivity contribution is 6.03. The van der Waals surface area contributed by atoms with Crippen LogP contribution in [0.25, 0.3) is 5.65 Å². The van der Waals surface area contributed by atoms with Crippen molar-refractivity contribution in [3.8, 4) is 0 Å². The van der Waals surface area contributed by atoms with E-state index in [0.29, 0.717) is 11.4 Å². The molecule has 29 heavy (non-hydrogen) atoms. The molecule has 1 saturated heterocycles. The molecule has 1 aliphatic rings. The molecule has 1 fully saturated rings. The van der Waals surface area contributed by atoms with E-state index in [1.165, 1.54) is 22.9 Å². The molecule has 154 valence electrons. The predicted octanol–water partition coefficient (Wildman–Crippen LogP) is 2.79. The fourth-order valence-corrected chi connectivity index (χ4v) is 3.37. The first-order chi connectivity index (χ1) is 13.4. The molecule has 1 unspecified atom stereocenters. The molecule has 1 aliphatic heterocycles. The number of hydrogen-bond acceptors (Lipinski definition) is 5. The molecule has 3 aromatic heterocycles. The second-order valence-electron chi connectivity index (χ2n) is 6.97. The van der Waals surface area contributed by atoms with E-state index in [4.69, 9.17) is 0 Å². The van der Waals surface area contributed by atoms with E-state index < -0.39 is 17.5 Å². The minimum atomic E-state index is -0.742. The number of carbonyl (C=O) groups excluding carboxylic acids is 1. The summed E-state index contributed by atoms with van der Waals surface area (Å²) in [7, 11) is 0. The molecule has 0 spiro atoms. The molecule has 0 saturated carbocycles. The van der Waals surface area contributed by atoms with Gasteiger partial charge in [-0.2, -0.15) is 0 Å². The fourth-order valence-electron chi connectivity index (χ4n) is 3.37. The number of fused-ring (bicyclic) bond motifs is 1. The first kappa shape index (κ1) is 20.9. The van der Waals surface area contributed by atoms with Crippen molar-refractivity contribution in [1.29, 1.82) is 0 Å². The van der Waals surface area contributed by atoms with Gasteiger partial charge in [-0.1, -0.05) is 0 Å². The highest BCUT2D eigenvalue weighted by atomic mass is 35.5. The molecule has 4 heterocycles. The first-order valence-corrected chi connectivity index (χ1v) is 9.01. The number of imidazole rings is 1. The van der Waals surface area contributed by atoms with Gasteiger partial charge in [0, 0.05) is 50.2 Å². The Kier molecular flexibility index (Phi) is 5.99. The monoisotopic (exact) mass is 422 g/mol. The van der Waals surface area contributed by atoms with Crippen LogP contribution in [0, 0.1) is 18.6 Å². The molecule has 3 aromatic rings. The summed E-state index contributed by atoms with van der Waals surface area (Å²) in [4.78, 5) is 22.5. The van der Waals surface area contributed by atoms with Crippen LogP contribution in [-0.4, -0.2) is 46.0 Å². The Balaban J connectivity index is 0.00000240. The SMILES string of the molecule is Cc1cn2cc(NC(=O)c3ncc(N4CCNC(C)C4)cc3F)cc(F)c2n1.Cl. The Bertz CT molecular complexity index is 1060. The van der Waals surface area contributed by atoms with Crippen LogP contribution in [-0.2, 0) is 0 Å². The van der Waals surface area contributed by atoms with Gasteiger partial charge in [-0.15, -0.1) is 12.4 Å². The van der Waals surface area contributed by atoms with E-state index >= 15 is 0 Å². The van der Waals surface area contributed by atoms with Crippen LogP contribution in [0.2, 0.25) is 0 Å². The molecule has 4 rings (SSSR count). The summed E-state index contributed by atoms with van der Waals surface area (Å²) in [6.45, 7) is 6.06. The fraction of sp³-hybridized carbons (Fsp3) is 0.316. The zero-order chi connectivity index (χ0) is 19.8. The number of halogens is 3. The molecule has 1 amide bonds. The average molecular weight is 423 g/mol. The second kappa shape index (κ2) is 8.30. The van der Waals surface area contributed by atoms with E-state index in [1.54, 1.807) is 13.1 Å². The van der Waals surface area contributed by atoms with Gasteiger partial charge in [-0.25, -0.2) is 18.7 Å². The highest BCUT2D eigenvalue weighted by Gasteiger charge is 2.20. The predicted molar refractivity (Wildman–Crippen MR) is 109 cm³/mol. The van der Waals surface area contributed by atoms with E-state index in [0.717, 1.165) is 25.7 Å². The van der Waals surface area contributed by atoms with E-state index in [9.17, 15) is 13.6 Å². The number of carbonyl (C=O) groups is 1. The second-order valence-corrected chi connectivity index (χ2v) is 6.97. The standard InChI is InChI=1S/C19H20F2N6O.ClH/c1-11-8-26(4-3-22-11)14-6-15(20)17(23-7-14)19(28)25-13-5-16(21)18-24-12(2)9-27(18)10-13;/h5-7,9-11,22H,3-4,8H2,1-2H3,(H,25,28);1H. The lowest BCUT2D eigenvalue weighted by Crippen LogP contribution is -2.49. The molecule has 0 bridgehead atoms. The summed E-state index contributed by atoms with van der Waals surface area (Å²) in [6, 6.07) is 2.74. The van der Waals surface area contributed by atoms with Gasteiger partial charge in [0.1, 0.15) is 0 Å². The Morgan fingerprint density at radius 1 is 1.28 bits per heavy atom. The topological polar surface area (TPSA) is 74.6 Å². The number of aromatic nitrogens is 3. The quantitative estimate of drug-likeness (QED) is 0.679. The Morgan fingerprint density at radius 3 is 2.79 bits per heavy atom. The van der Waals surface area contributed by atoms with Gasteiger partial charge in [-0.05, 0) is 13.8 Å². The van der Waals surface area contributed by atoms with Gasteiger partial charge >= 0.3 is 0 Å². The molecule has 10 heteroatoms. The lowest BCUT2D eigenvalue weighted by molar-refractivity contribution is 0.101. The van der Waals surface area contributed by atoms with Crippen molar-refractivity contribution in [1.82, 2.24) is 19.7 Å². The maximum Gasteiger partial charge on any atom is 0.277 e. The van der Waals surface area contributed by atoms with Gasteiger partial charge in [0.25, 0.3) is 5.91 Å². The van der Waals surface area contributed by atoms with Gasteiger partial charge in [0.15, 0.2) is 23.0 Å². The zero-order valence-electron chi connectivity index (χ0n) is 15.9. The number of piperazine rings is 1.